The second-order valence-electron chi connectivity index (χ2n) is 5.71. The Kier molecular flexibility index (Phi) is 7.52. The number of carbonyl (C=O) groups excluding carboxylic acids is 1. The van der Waals surface area contributed by atoms with Gasteiger partial charge in [0.15, 0.2) is 0 Å². The molecule has 28 heavy (non-hydrogen) atoms. The molecule has 7 nitrogen and oxygen atoms in total. The van der Waals surface area contributed by atoms with Gasteiger partial charge in [-0.3, -0.25) is 9.59 Å². The van der Waals surface area contributed by atoms with E-state index in [1.807, 2.05) is 0 Å². The van der Waals surface area contributed by atoms with Crippen molar-refractivity contribution in [2.45, 2.75) is 25.3 Å². The Balaban J connectivity index is 2.30. The van der Waals surface area contributed by atoms with Crippen LogP contribution in [0, 0.1) is 0 Å². The van der Waals surface area contributed by atoms with Crippen LogP contribution in [0.15, 0.2) is 40.2 Å². The number of pyridine rings is 1. The molecule has 1 aromatic heterocycles. The van der Waals surface area contributed by atoms with Crippen LogP contribution in [0.4, 0.5) is 5.69 Å². The topological polar surface area (TPSA) is 88.5 Å². The van der Waals surface area contributed by atoms with Crippen LogP contribution in [0.2, 0.25) is 15.1 Å². The Morgan fingerprint density at radius 2 is 1.68 bits per heavy atom. The second-order valence-corrected chi connectivity index (χ2v) is 8.90. The predicted molar refractivity (Wildman–Crippen MR) is 111 cm³/mol. The van der Waals surface area contributed by atoms with Crippen LogP contribution in [-0.2, 0) is 21.4 Å². The van der Waals surface area contributed by atoms with E-state index in [0.29, 0.717) is 5.02 Å². The number of aromatic nitrogens is 1. The average Bonchev–Trinajstić information content (AvgIpc) is 2.60. The molecule has 0 fully saturated rings. The van der Waals surface area contributed by atoms with Crippen LogP contribution >= 0.6 is 34.8 Å². The van der Waals surface area contributed by atoms with Gasteiger partial charge in [0, 0.05) is 30.4 Å². The lowest BCUT2D eigenvalue weighted by Gasteiger charge is -2.19. The fraction of sp³-hybridized carbons (Fsp3) is 0.294. The molecule has 11 heteroatoms. The van der Waals surface area contributed by atoms with Crippen molar-refractivity contribution in [3.05, 3.63) is 55.9 Å². The Morgan fingerprint density at radius 1 is 1.11 bits per heavy atom. The summed E-state index contributed by atoms with van der Waals surface area (Å²) in [5.74, 6) is -0.606. The van der Waals surface area contributed by atoms with Crippen molar-refractivity contribution < 1.29 is 13.2 Å². The molecule has 0 unspecified atom stereocenters. The smallest absolute Gasteiger partial charge is 0.251 e. The zero-order chi connectivity index (χ0) is 21.1. The SMILES string of the molecule is CCN(CC)S(=O)(=O)c1ccc(=O)n(CC(=O)Nc2c(Cl)cc(Cl)cc2Cl)c1. The first-order chi connectivity index (χ1) is 13.1. The molecule has 1 N–H and O–H groups in total. The molecule has 0 aliphatic rings. The molecule has 0 aliphatic heterocycles. The summed E-state index contributed by atoms with van der Waals surface area (Å²) in [6, 6.07) is 5.14. The molecular weight excluding hydrogens is 449 g/mol. The van der Waals surface area contributed by atoms with E-state index in [1.165, 1.54) is 22.5 Å². The number of nitrogens with one attached hydrogen (secondary N) is 1. The van der Waals surface area contributed by atoms with Crippen LogP contribution in [0.3, 0.4) is 0 Å². The summed E-state index contributed by atoms with van der Waals surface area (Å²) < 4.78 is 27.5. The van der Waals surface area contributed by atoms with Crippen molar-refractivity contribution in [3.63, 3.8) is 0 Å². The summed E-state index contributed by atoms with van der Waals surface area (Å²) in [6.45, 7) is 3.57. The molecular formula is C17H18Cl3N3O4S. The third kappa shape index (κ3) is 5.07. The number of anilines is 1. The van der Waals surface area contributed by atoms with Gasteiger partial charge in [0.05, 0.1) is 20.6 Å². The van der Waals surface area contributed by atoms with Gasteiger partial charge in [0.2, 0.25) is 15.9 Å². The molecule has 0 radical (unpaired) electrons. The fourth-order valence-electron chi connectivity index (χ4n) is 2.49. The van der Waals surface area contributed by atoms with Crippen LogP contribution in [0.1, 0.15) is 13.8 Å². The highest BCUT2D eigenvalue weighted by Crippen LogP contribution is 2.33. The van der Waals surface area contributed by atoms with Crippen molar-refractivity contribution in [2.75, 3.05) is 18.4 Å². The second kappa shape index (κ2) is 9.28. The minimum absolute atomic E-state index is 0.0776. The number of sulfonamides is 1. The van der Waals surface area contributed by atoms with Gasteiger partial charge in [-0.2, -0.15) is 4.31 Å². The lowest BCUT2D eigenvalue weighted by atomic mass is 10.3. The summed E-state index contributed by atoms with van der Waals surface area (Å²) in [4.78, 5) is 24.4. The molecule has 0 spiro atoms. The van der Waals surface area contributed by atoms with Gasteiger partial charge in [-0.1, -0.05) is 48.7 Å². The number of carbonyl (C=O) groups is 1. The van der Waals surface area contributed by atoms with Crippen LogP contribution < -0.4 is 10.9 Å². The summed E-state index contributed by atoms with van der Waals surface area (Å²) in [6.07, 6.45) is 1.14. The number of hydrogen-bond acceptors (Lipinski definition) is 4. The molecule has 0 atom stereocenters. The van der Waals surface area contributed by atoms with Gasteiger partial charge in [-0.05, 0) is 18.2 Å². The summed E-state index contributed by atoms with van der Waals surface area (Å²) >= 11 is 17.9. The Labute approximate surface area is 177 Å². The number of benzene rings is 1. The highest BCUT2D eigenvalue weighted by molar-refractivity contribution is 7.89. The standard InChI is InChI=1S/C17H18Cl3N3O4S/c1-3-23(4-2)28(26,27)12-5-6-16(25)22(9-12)10-15(24)21-17-13(19)7-11(18)8-14(17)20/h5-9H,3-4,10H2,1-2H3,(H,21,24). The minimum Gasteiger partial charge on any atom is -0.322 e. The molecule has 2 rings (SSSR count). The summed E-state index contributed by atoms with van der Waals surface area (Å²) in [5.41, 5.74) is -0.375. The number of hydrogen-bond donors (Lipinski definition) is 1. The largest absolute Gasteiger partial charge is 0.322 e. The Morgan fingerprint density at radius 3 is 2.21 bits per heavy atom. The normalized spacial score (nSPS) is 11.6. The summed E-state index contributed by atoms with van der Waals surface area (Å²) in [5, 5.41) is 3.08. The van der Waals surface area contributed by atoms with Crippen molar-refractivity contribution in [2.24, 2.45) is 0 Å². The maximum atomic E-state index is 12.6. The lowest BCUT2D eigenvalue weighted by molar-refractivity contribution is -0.116. The quantitative estimate of drug-likeness (QED) is 0.676. The molecule has 2 aromatic rings. The number of halogens is 3. The number of nitrogens with zero attached hydrogens (tertiary/aromatic N) is 2. The van der Waals surface area contributed by atoms with Gasteiger partial charge in [0.25, 0.3) is 5.56 Å². The van der Waals surface area contributed by atoms with E-state index in [1.54, 1.807) is 13.8 Å². The van der Waals surface area contributed by atoms with E-state index in [9.17, 15) is 18.0 Å². The third-order valence-corrected chi connectivity index (χ3v) is 6.73. The van der Waals surface area contributed by atoms with Gasteiger partial charge >= 0.3 is 0 Å². The first kappa shape index (κ1) is 22.7. The van der Waals surface area contributed by atoms with Gasteiger partial charge in [0.1, 0.15) is 6.54 Å². The van der Waals surface area contributed by atoms with E-state index in [-0.39, 0.29) is 33.7 Å². The van der Waals surface area contributed by atoms with Crippen molar-refractivity contribution in [1.82, 2.24) is 8.87 Å². The summed E-state index contributed by atoms with van der Waals surface area (Å²) in [7, 11) is -3.77. The van der Waals surface area contributed by atoms with Crippen LogP contribution in [-0.4, -0.2) is 36.3 Å². The lowest BCUT2D eigenvalue weighted by Crippen LogP contribution is -2.33. The minimum atomic E-state index is -3.77. The maximum absolute atomic E-state index is 12.6. The predicted octanol–water partition coefficient (Wildman–Crippen LogP) is 3.48. The van der Waals surface area contributed by atoms with Crippen molar-refractivity contribution >= 4 is 56.4 Å². The zero-order valence-corrected chi connectivity index (χ0v) is 18.2. The molecule has 1 aromatic carbocycles. The van der Waals surface area contributed by atoms with Crippen LogP contribution in [0.5, 0.6) is 0 Å². The Hall–Kier alpha value is -1.58. The highest BCUT2D eigenvalue weighted by atomic mass is 35.5. The molecule has 0 aliphatic carbocycles. The van der Waals surface area contributed by atoms with E-state index >= 15 is 0 Å². The van der Waals surface area contributed by atoms with Crippen molar-refractivity contribution in [1.29, 1.82) is 0 Å². The van der Waals surface area contributed by atoms with Gasteiger partial charge in [-0.25, -0.2) is 8.42 Å². The van der Waals surface area contributed by atoms with E-state index in [2.05, 4.69) is 5.32 Å². The molecule has 0 saturated heterocycles. The van der Waals surface area contributed by atoms with Gasteiger partial charge < -0.3 is 9.88 Å². The molecule has 0 bridgehead atoms. The first-order valence-corrected chi connectivity index (χ1v) is 10.8. The van der Waals surface area contributed by atoms with E-state index in [0.717, 1.165) is 16.8 Å². The maximum Gasteiger partial charge on any atom is 0.251 e. The van der Waals surface area contributed by atoms with Crippen molar-refractivity contribution in [3.8, 4) is 0 Å². The third-order valence-electron chi connectivity index (χ3n) is 3.88. The number of rotatable bonds is 7. The average molecular weight is 467 g/mol. The highest BCUT2D eigenvalue weighted by Gasteiger charge is 2.22. The van der Waals surface area contributed by atoms with E-state index < -0.39 is 28.0 Å². The molecule has 1 heterocycles. The van der Waals surface area contributed by atoms with Gasteiger partial charge in [-0.15, -0.1) is 0 Å². The molecule has 1 amide bonds. The monoisotopic (exact) mass is 465 g/mol. The fourth-order valence-corrected chi connectivity index (χ4v) is 4.88. The number of amides is 1. The molecule has 0 saturated carbocycles. The zero-order valence-electron chi connectivity index (χ0n) is 15.1. The molecule has 152 valence electrons. The Bertz CT molecular complexity index is 1030. The first-order valence-electron chi connectivity index (χ1n) is 8.25. The van der Waals surface area contributed by atoms with Crippen LogP contribution in [0.25, 0.3) is 0 Å². The van der Waals surface area contributed by atoms with E-state index in [4.69, 9.17) is 34.8 Å².